The van der Waals surface area contributed by atoms with Crippen LogP contribution in [-0.4, -0.2) is 9.97 Å². The van der Waals surface area contributed by atoms with Crippen LogP contribution in [0.2, 0.25) is 10.0 Å². The van der Waals surface area contributed by atoms with Crippen LogP contribution in [0, 0.1) is 0 Å². The van der Waals surface area contributed by atoms with Crippen LogP contribution in [0.1, 0.15) is 35.8 Å². The van der Waals surface area contributed by atoms with E-state index in [-0.39, 0.29) is 0 Å². The summed E-state index contributed by atoms with van der Waals surface area (Å²) >= 11 is 15.8. The first-order chi connectivity index (χ1) is 9.56. The molecule has 104 valence electrons. The van der Waals surface area contributed by atoms with Gasteiger partial charge in [0.1, 0.15) is 11.6 Å². The van der Waals surface area contributed by atoms with Gasteiger partial charge in [0.05, 0.1) is 10.2 Å². The van der Waals surface area contributed by atoms with Crippen LogP contribution in [-0.2, 0) is 6.42 Å². The molecule has 1 aromatic heterocycles. The molecule has 0 aliphatic heterocycles. The lowest BCUT2D eigenvalue weighted by Crippen LogP contribution is -2.06. The van der Waals surface area contributed by atoms with Gasteiger partial charge in [-0.1, -0.05) is 29.3 Å². The summed E-state index contributed by atoms with van der Waals surface area (Å²) in [5.74, 6) is 1.62. The molecule has 0 bridgehead atoms. The maximum Gasteiger partial charge on any atom is 0.141 e. The van der Waals surface area contributed by atoms with Crippen molar-refractivity contribution in [1.29, 1.82) is 0 Å². The van der Waals surface area contributed by atoms with E-state index in [1.165, 1.54) is 0 Å². The van der Waals surface area contributed by atoms with Crippen LogP contribution in [0.5, 0.6) is 0 Å². The lowest BCUT2D eigenvalue weighted by Gasteiger charge is -2.10. The summed E-state index contributed by atoms with van der Waals surface area (Å²) in [7, 11) is 0. The molecule has 1 aliphatic carbocycles. The van der Waals surface area contributed by atoms with E-state index in [1.54, 1.807) is 0 Å². The highest BCUT2D eigenvalue weighted by Crippen LogP contribution is 2.43. The van der Waals surface area contributed by atoms with Gasteiger partial charge in [0.15, 0.2) is 0 Å². The average Bonchev–Trinajstić information content (AvgIpc) is 3.22. The predicted molar refractivity (Wildman–Crippen MR) is 85.4 cm³/mol. The Hall–Kier alpha value is -0.840. The zero-order valence-corrected chi connectivity index (χ0v) is 13.6. The molecule has 3 rings (SSSR count). The van der Waals surface area contributed by atoms with Crippen LogP contribution < -0.4 is 5.73 Å². The minimum absolute atomic E-state index is 0.472. The van der Waals surface area contributed by atoms with E-state index >= 15 is 0 Å². The van der Waals surface area contributed by atoms with E-state index < -0.39 is 0 Å². The van der Waals surface area contributed by atoms with E-state index in [0.29, 0.717) is 34.0 Å². The van der Waals surface area contributed by atoms with Crippen molar-refractivity contribution in [2.24, 2.45) is 0 Å². The van der Waals surface area contributed by atoms with Gasteiger partial charge in [-0.05, 0) is 46.5 Å². The van der Waals surface area contributed by atoms with Crippen molar-refractivity contribution in [3.63, 3.8) is 0 Å². The number of anilines is 1. The van der Waals surface area contributed by atoms with E-state index in [4.69, 9.17) is 28.9 Å². The van der Waals surface area contributed by atoms with Crippen LogP contribution in [0.15, 0.2) is 22.7 Å². The van der Waals surface area contributed by atoms with Gasteiger partial charge in [-0.15, -0.1) is 0 Å². The van der Waals surface area contributed by atoms with Crippen molar-refractivity contribution in [1.82, 2.24) is 9.97 Å². The largest absolute Gasteiger partial charge is 0.383 e. The van der Waals surface area contributed by atoms with Crippen LogP contribution in [0.25, 0.3) is 0 Å². The molecule has 2 aromatic rings. The normalized spacial score (nSPS) is 14.6. The Morgan fingerprint density at radius 3 is 2.45 bits per heavy atom. The summed E-state index contributed by atoms with van der Waals surface area (Å²) in [5, 5.41) is 1.24. The molecule has 6 heteroatoms. The molecule has 1 aromatic carbocycles. The number of aromatic nitrogens is 2. The van der Waals surface area contributed by atoms with Gasteiger partial charge in [-0.2, -0.15) is 0 Å². The van der Waals surface area contributed by atoms with Crippen molar-refractivity contribution >= 4 is 44.9 Å². The second-order valence-corrected chi connectivity index (χ2v) is 6.48. The number of hydrogen-bond acceptors (Lipinski definition) is 3. The zero-order chi connectivity index (χ0) is 14.3. The minimum atomic E-state index is 0.472. The third-order valence-electron chi connectivity index (χ3n) is 3.31. The lowest BCUT2D eigenvalue weighted by atomic mass is 10.1. The van der Waals surface area contributed by atoms with Crippen molar-refractivity contribution < 1.29 is 0 Å². The number of nitrogens with zero attached hydrogens (tertiary/aromatic N) is 2. The predicted octanol–water partition coefficient (Wildman–Crippen LogP) is 4.60. The standard InChI is InChI=1S/C14H12BrCl2N3/c15-12-13(7-4-5-7)19-11(20-14(12)18)6-8-9(16)2-1-3-10(8)17/h1-3,7H,4-6H2,(H2,18,19,20). The molecular formula is C14H12BrCl2N3. The monoisotopic (exact) mass is 371 g/mol. The summed E-state index contributed by atoms with van der Waals surface area (Å²) < 4.78 is 0.814. The van der Waals surface area contributed by atoms with E-state index in [1.807, 2.05) is 18.2 Å². The Morgan fingerprint density at radius 1 is 1.20 bits per heavy atom. The first-order valence-corrected chi connectivity index (χ1v) is 7.86. The molecule has 20 heavy (non-hydrogen) atoms. The van der Waals surface area contributed by atoms with Crippen molar-refractivity contribution in [2.75, 3.05) is 5.73 Å². The molecule has 0 saturated heterocycles. The smallest absolute Gasteiger partial charge is 0.141 e. The van der Waals surface area contributed by atoms with Crippen molar-refractivity contribution in [3.05, 3.63) is 49.8 Å². The van der Waals surface area contributed by atoms with Crippen molar-refractivity contribution in [2.45, 2.75) is 25.2 Å². The minimum Gasteiger partial charge on any atom is -0.383 e. The van der Waals surface area contributed by atoms with Gasteiger partial charge < -0.3 is 5.73 Å². The summed E-state index contributed by atoms with van der Waals surface area (Å²) in [6.45, 7) is 0. The summed E-state index contributed by atoms with van der Waals surface area (Å²) in [4.78, 5) is 8.94. The van der Waals surface area contributed by atoms with Crippen molar-refractivity contribution in [3.8, 4) is 0 Å². The number of halogens is 3. The van der Waals surface area contributed by atoms with Crippen LogP contribution in [0.3, 0.4) is 0 Å². The maximum atomic E-state index is 6.18. The first-order valence-electron chi connectivity index (χ1n) is 6.31. The number of nitrogen functional groups attached to an aromatic ring is 1. The molecule has 0 unspecified atom stereocenters. The number of rotatable bonds is 3. The second-order valence-electron chi connectivity index (χ2n) is 4.88. The third kappa shape index (κ3) is 2.78. The van der Waals surface area contributed by atoms with E-state index in [9.17, 15) is 0 Å². The van der Waals surface area contributed by atoms with Crippen LogP contribution >= 0.6 is 39.1 Å². The summed E-state index contributed by atoms with van der Waals surface area (Å²) in [5.41, 5.74) is 7.78. The number of hydrogen-bond donors (Lipinski definition) is 1. The van der Waals surface area contributed by atoms with Gasteiger partial charge in [0.25, 0.3) is 0 Å². The van der Waals surface area contributed by atoms with Crippen LogP contribution in [0.4, 0.5) is 5.82 Å². The van der Waals surface area contributed by atoms with E-state index in [2.05, 4.69) is 25.9 Å². The highest BCUT2D eigenvalue weighted by Gasteiger charge is 2.29. The molecule has 0 radical (unpaired) electrons. The van der Waals surface area contributed by atoms with Gasteiger partial charge in [0, 0.05) is 22.4 Å². The molecule has 1 fully saturated rings. The average molecular weight is 373 g/mol. The fraction of sp³-hybridized carbons (Fsp3) is 0.286. The highest BCUT2D eigenvalue weighted by molar-refractivity contribution is 9.10. The molecular weight excluding hydrogens is 361 g/mol. The molecule has 0 spiro atoms. The quantitative estimate of drug-likeness (QED) is 0.856. The fourth-order valence-electron chi connectivity index (χ4n) is 2.10. The van der Waals surface area contributed by atoms with Gasteiger partial charge in [0.2, 0.25) is 0 Å². The topological polar surface area (TPSA) is 51.8 Å². The van der Waals surface area contributed by atoms with Gasteiger partial charge >= 0.3 is 0 Å². The molecule has 1 saturated carbocycles. The zero-order valence-electron chi connectivity index (χ0n) is 10.5. The first kappa shape index (κ1) is 14.1. The summed E-state index contributed by atoms with van der Waals surface area (Å²) in [6, 6.07) is 5.44. The molecule has 2 N–H and O–H groups in total. The maximum absolute atomic E-state index is 6.18. The Labute approximate surface area is 135 Å². The summed E-state index contributed by atoms with van der Waals surface area (Å²) in [6.07, 6.45) is 2.79. The molecule has 1 heterocycles. The molecule has 1 aliphatic rings. The Balaban J connectivity index is 1.99. The second kappa shape index (κ2) is 5.51. The Morgan fingerprint density at radius 2 is 1.85 bits per heavy atom. The Bertz CT molecular complexity index is 651. The number of benzene rings is 1. The molecule has 3 nitrogen and oxygen atoms in total. The van der Waals surface area contributed by atoms with E-state index in [0.717, 1.165) is 28.6 Å². The third-order valence-corrected chi connectivity index (χ3v) is 4.83. The number of nitrogens with two attached hydrogens (primary N) is 1. The van der Waals surface area contributed by atoms with Gasteiger partial charge in [-0.3, -0.25) is 0 Å². The lowest BCUT2D eigenvalue weighted by molar-refractivity contribution is 0.895. The van der Waals surface area contributed by atoms with Gasteiger partial charge in [-0.25, -0.2) is 9.97 Å². The SMILES string of the molecule is Nc1nc(Cc2c(Cl)cccc2Cl)nc(C2CC2)c1Br. The Kier molecular flexibility index (Phi) is 3.89. The highest BCUT2D eigenvalue weighted by atomic mass is 79.9. The molecule has 0 amide bonds. The fourth-order valence-corrected chi connectivity index (χ4v) is 3.13. The molecule has 0 atom stereocenters.